The zero-order valence-corrected chi connectivity index (χ0v) is 16.8. The molecule has 4 rings (SSSR count). The number of carbonyl (C=O) groups excluding carboxylic acids is 1. The number of hydrogen-bond donors (Lipinski definition) is 1. The molecule has 0 atom stereocenters. The number of carbonyl (C=O) groups is 1. The van der Waals surface area contributed by atoms with E-state index in [2.05, 4.69) is 25.6 Å². The van der Waals surface area contributed by atoms with Gasteiger partial charge in [-0.15, -0.1) is 11.3 Å². The Morgan fingerprint density at radius 1 is 1.10 bits per heavy atom. The molecule has 3 heterocycles. The Bertz CT molecular complexity index is 1130. The van der Waals surface area contributed by atoms with Crippen LogP contribution in [0.2, 0.25) is 0 Å². The highest BCUT2D eigenvalue weighted by Crippen LogP contribution is 2.22. The van der Waals surface area contributed by atoms with E-state index in [-0.39, 0.29) is 5.91 Å². The van der Waals surface area contributed by atoms with Gasteiger partial charge in [-0.3, -0.25) is 9.78 Å². The van der Waals surface area contributed by atoms with Crippen LogP contribution in [0.4, 0.5) is 0 Å². The minimum Gasteiger partial charge on any atom is -0.497 e. The van der Waals surface area contributed by atoms with Crippen molar-refractivity contribution in [2.75, 3.05) is 13.7 Å². The quantitative estimate of drug-likeness (QED) is 0.469. The molecule has 29 heavy (non-hydrogen) atoms. The van der Waals surface area contributed by atoms with E-state index in [1.807, 2.05) is 36.4 Å². The molecule has 0 fully saturated rings. The summed E-state index contributed by atoms with van der Waals surface area (Å²) in [5, 5.41) is 6.99. The Labute approximate surface area is 172 Å². The number of nitrogens with one attached hydrogen (secondary N) is 1. The number of thiazole rings is 1. The van der Waals surface area contributed by atoms with Crippen molar-refractivity contribution in [3.05, 3.63) is 70.9 Å². The molecule has 0 bridgehead atoms. The van der Waals surface area contributed by atoms with E-state index in [1.54, 1.807) is 36.9 Å². The highest BCUT2D eigenvalue weighted by atomic mass is 32.1. The van der Waals surface area contributed by atoms with Crippen LogP contribution in [0.25, 0.3) is 22.2 Å². The third-order valence-corrected chi connectivity index (χ3v) is 5.42. The van der Waals surface area contributed by atoms with Gasteiger partial charge in [-0.05, 0) is 42.8 Å². The Hall–Kier alpha value is -3.32. The van der Waals surface area contributed by atoms with Gasteiger partial charge in [0, 0.05) is 41.7 Å². The first-order chi connectivity index (χ1) is 14.2. The van der Waals surface area contributed by atoms with Crippen LogP contribution < -0.4 is 10.1 Å². The topological polar surface area (TPSA) is 77.0 Å². The molecule has 146 valence electrons. The summed E-state index contributed by atoms with van der Waals surface area (Å²) >= 11 is 1.64. The molecule has 4 aromatic rings. The van der Waals surface area contributed by atoms with Gasteiger partial charge in [-0.2, -0.15) is 0 Å². The zero-order chi connectivity index (χ0) is 20.1. The highest BCUT2D eigenvalue weighted by molar-refractivity contribution is 7.09. The van der Waals surface area contributed by atoms with E-state index in [0.29, 0.717) is 12.2 Å². The summed E-state index contributed by atoms with van der Waals surface area (Å²) in [6, 6.07) is 13.1. The van der Waals surface area contributed by atoms with Gasteiger partial charge in [-0.25, -0.2) is 9.97 Å². The molecule has 1 aromatic carbocycles. The van der Waals surface area contributed by atoms with Crippen LogP contribution in [0.3, 0.4) is 0 Å². The Morgan fingerprint density at radius 2 is 1.97 bits per heavy atom. The second-order valence-electron chi connectivity index (χ2n) is 6.48. The lowest BCUT2D eigenvalue weighted by atomic mass is 10.2. The third-order valence-electron chi connectivity index (χ3n) is 4.51. The van der Waals surface area contributed by atoms with Crippen molar-refractivity contribution in [1.29, 1.82) is 0 Å². The second kappa shape index (κ2) is 8.79. The molecule has 6 nitrogen and oxygen atoms in total. The summed E-state index contributed by atoms with van der Waals surface area (Å²) < 4.78 is 5.21. The van der Waals surface area contributed by atoms with Crippen LogP contribution >= 0.6 is 11.3 Å². The predicted molar refractivity (Wildman–Crippen MR) is 114 cm³/mol. The Kier molecular flexibility index (Phi) is 5.76. The number of benzene rings is 1. The average molecular weight is 404 g/mol. The predicted octanol–water partition coefficient (Wildman–Crippen LogP) is 4.12. The molecule has 7 heteroatoms. The van der Waals surface area contributed by atoms with E-state index >= 15 is 0 Å². The average Bonchev–Trinajstić information content (AvgIpc) is 3.25. The second-order valence-corrected chi connectivity index (χ2v) is 7.42. The normalized spacial score (nSPS) is 10.8. The molecule has 0 unspecified atom stereocenters. The van der Waals surface area contributed by atoms with Crippen LogP contribution in [-0.2, 0) is 6.42 Å². The van der Waals surface area contributed by atoms with Crippen molar-refractivity contribution in [3.8, 4) is 17.0 Å². The van der Waals surface area contributed by atoms with Crippen molar-refractivity contribution in [1.82, 2.24) is 20.3 Å². The van der Waals surface area contributed by atoms with Crippen molar-refractivity contribution >= 4 is 28.1 Å². The van der Waals surface area contributed by atoms with Gasteiger partial charge in [0.1, 0.15) is 11.4 Å². The smallest absolute Gasteiger partial charge is 0.269 e. The maximum absolute atomic E-state index is 12.4. The van der Waals surface area contributed by atoms with Crippen LogP contribution in [0.15, 0.2) is 60.2 Å². The summed E-state index contributed by atoms with van der Waals surface area (Å²) in [7, 11) is 1.63. The summed E-state index contributed by atoms with van der Waals surface area (Å²) in [6.45, 7) is 0.575. The molecule has 0 aliphatic carbocycles. The Balaban J connectivity index is 1.30. The van der Waals surface area contributed by atoms with Gasteiger partial charge in [0.25, 0.3) is 5.91 Å². The third kappa shape index (κ3) is 4.57. The number of pyridine rings is 2. The lowest BCUT2D eigenvalue weighted by molar-refractivity contribution is 0.0948. The summed E-state index contributed by atoms with van der Waals surface area (Å²) in [5.74, 6) is 0.602. The number of nitrogens with zero attached hydrogens (tertiary/aromatic N) is 3. The van der Waals surface area contributed by atoms with Gasteiger partial charge in [0.15, 0.2) is 0 Å². The fourth-order valence-electron chi connectivity index (χ4n) is 2.97. The number of rotatable bonds is 7. The van der Waals surface area contributed by atoms with E-state index in [9.17, 15) is 4.79 Å². The van der Waals surface area contributed by atoms with Crippen molar-refractivity contribution < 1.29 is 9.53 Å². The highest BCUT2D eigenvalue weighted by Gasteiger charge is 2.09. The van der Waals surface area contributed by atoms with Crippen molar-refractivity contribution in [2.24, 2.45) is 0 Å². The van der Waals surface area contributed by atoms with E-state index in [1.165, 1.54) is 0 Å². The first kappa shape index (κ1) is 19.0. The SMILES string of the molecule is COc1ccc2nc(C(=O)NCCCc3nc(-c4ccncc4)cs3)ccc2c1. The minimum atomic E-state index is -0.167. The van der Waals surface area contributed by atoms with Crippen LogP contribution in [-0.4, -0.2) is 34.5 Å². The maximum Gasteiger partial charge on any atom is 0.269 e. The lowest BCUT2D eigenvalue weighted by Crippen LogP contribution is -2.25. The zero-order valence-electron chi connectivity index (χ0n) is 16.0. The number of fused-ring (bicyclic) bond motifs is 1. The number of aryl methyl sites for hydroxylation is 1. The van der Waals surface area contributed by atoms with E-state index < -0.39 is 0 Å². The standard InChI is InChI=1S/C22H20N4O2S/c1-28-17-5-7-18-16(13-17)4-6-19(25-18)22(27)24-10-2-3-21-26-20(14-29-21)15-8-11-23-12-9-15/h4-9,11-14H,2-3,10H2,1H3,(H,24,27). The van der Waals surface area contributed by atoms with Crippen LogP contribution in [0.1, 0.15) is 21.9 Å². The number of ether oxygens (including phenoxy) is 1. The molecular weight excluding hydrogens is 384 g/mol. The molecular formula is C22H20N4O2S. The summed E-state index contributed by atoms with van der Waals surface area (Å²) in [6.07, 6.45) is 5.17. The molecule has 0 saturated heterocycles. The monoisotopic (exact) mass is 404 g/mol. The van der Waals surface area contributed by atoms with Crippen molar-refractivity contribution in [3.63, 3.8) is 0 Å². The van der Waals surface area contributed by atoms with Gasteiger partial charge in [-0.1, -0.05) is 6.07 Å². The van der Waals surface area contributed by atoms with Gasteiger partial charge < -0.3 is 10.1 Å². The van der Waals surface area contributed by atoms with Gasteiger partial charge >= 0.3 is 0 Å². The molecule has 0 aliphatic heterocycles. The maximum atomic E-state index is 12.4. The fourth-order valence-corrected chi connectivity index (χ4v) is 3.82. The van der Waals surface area contributed by atoms with Crippen LogP contribution in [0, 0.1) is 0 Å². The molecule has 0 radical (unpaired) electrons. The van der Waals surface area contributed by atoms with Crippen molar-refractivity contribution in [2.45, 2.75) is 12.8 Å². The number of aromatic nitrogens is 3. The lowest BCUT2D eigenvalue weighted by Gasteiger charge is -2.06. The number of methoxy groups -OCH3 is 1. The van der Waals surface area contributed by atoms with E-state index in [0.717, 1.165) is 45.8 Å². The number of hydrogen-bond acceptors (Lipinski definition) is 6. The van der Waals surface area contributed by atoms with Crippen LogP contribution in [0.5, 0.6) is 5.75 Å². The van der Waals surface area contributed by atoms with Gasteiger partial charge in [0.2, 0.25) is 0 Å². The van der Waals surface area contributed by atoms with Gasteiger partial charge in [0.05, 0.1) is 23.3 Å². The molecule has 1 N–H and O–H groups in total. The first-order valence-corrected chi connectivity index (χ1v) is 10.2. The molecule has 0 aliphatic rings. The number of amides is 1. The first-order valence-electron chi connectivity index (χ1n) is 9.31. The molecule has 1 amide bonds. The Morgan fingerprint density at radius 3 is 2.79 bits per heavy atom. The summed E-state index contributed by atoms with van der Waals surface area (Å²) in [4.78, 5) is 25.5. The minimum absolute atomic E-state index is 0.167. The summed E-state index contributed by atoms with van der Waals surface area (Å²) in [5.41, 5.74) is 3.21. The fraction of sp³-hybridized carbons (Fsp3) is 0.182. The molecule has 0 saturated carbocycles. The molecule has 3 aromatic heterocycles. The van der Waals surface area contributed by atoms with E-state index in [4.69, 9.17) is 4.74 Å². The largest absolute Gasteiger partial charge is 0.497 e. The molecule has 0 spiro atoms.